The third-order valence-corrected chi connectivity index (χ3v) is 6.51. The number of benzene rings is 2. The number of hydrogen-bond donors (Lipinski definition) is 0. The van der Waals surface area contributed by atoms with Crippen LogP contribution >= 0.6 is 34.5 Å². The highest BCUT2D eigenvalue weighted by molar-refractivity contribution is 7.09. The molecule has 1 heterocycles. The summed E-state index contributed by atoms with van der Waals surface area (Å²) in [6, 6.07) is 14.5. The molecule has 3 aromatic rings. The van der Waals surface area contributed by atoms with E-state index in [4.69, 9.17) is 27.9 Å². The monoisotopic (exact) mass is 508 g/mol. The minimum atomic E-state index is -0.350. The van der Waals surface area contributed by atoms with Crippen molar-refractivity contribution >= 4 is 46.4 Å². The van der Waals surface area contributed by atoms with Crippen molar-refractivity contribution in [2.75, 3.05) is 26.8 Å². The van der Waals surface area contributed by atoms with Gasteiger partial charge in [0, 0.05) is 30.6 Å². The Hall–Kier alpha value is -2.45. The van der Waals surface area contributed by atoms with Crippen molar-refractivity contribution in [1.82, 2.24) is 9.80 Å². The third kappa shape index (κ3) is 7.27. The molecule has 0 bridgehead atoms. The van der Waals surface area contributed by atoms with Crippen LogP contribution in [0.25, 0.3) is 0 Å². The van der Waals surface area contributed by atoms with Crippen molar-refractivity contribution in [2.45, 2.75) is 13.1 Å². The van der Waals surface area contributed by atoms with Crippen LogP contribution in [0.15, 0.2) is 60.0 Å². The zero-order valence-electron chi connectivity index (χ0n) is 18.0. The van der Waals surface area contributed by atoms with E-state index < -0.39 is 0 Å². The number of halogens is 3. The largest absolute Gasteiger partial charge is 0.383 e. The second kappa shape index (κ2) is 12.1. The van der Waals surface area contributed by atoms with Crippen LogP contribution < -0.4 is 0 Å². The number of nitrogens with zero attached hydrogens (tertiary/aromatic N) is 2. The molecule has 174 valence electrons. The molecule has 0 aliphatic rings. The summed E-state index contributed by atoms with van der Waals surface area (Å²) in [5.74, 6) is -0.929. The fourth-order valence-corrected chi connectivity index (χ4v) is 4.18. The molecular weight excluding hydrogens is 486 g/mol. The molecule has 0 unspecified atom stereocenters. The van der Waals surface area contributed by atoms with Crippen LogP contribution in [-0.2, 0) is 22.6 Å². The average molecular weight is 509 g/mol. The summed E-state index contributed by atoms with van der Waals surface area (Å²) in [5.41, 5.74) is 1.12. The van der Waals surface area contributed by atoms with Crippen molar-refractivity contribution in [3.05, 3.63) is 91.8 Å². The second-order valence-corrected chi connectivity index (χ2v) is 9.15. The van der Waals surface area contributed by atoms with Crippen molar-refractivity contribution in [3.8, 4) is 0 Å². The van der Waals surface area contributed by atoms with Crippen molar-refractivity contribution in [1.29, 1.82) is 0 Å². The molecule has 3 rings (SSSR count). The number of methoxy groups -OCH3 is 1. The quantitative estimate of drug-likeness (QED) is 0.362. The van der Waals surface area contributed by atoms with E-state index >= 15 is 0 Å². The van der Waals surface area contributed by atoms with Crippen LogP contribution in [-0.4, -0.2) is 48.4 Å². The highest BCUT2D eigenvalue weighted by Crippen LogP contribution is 2.23. The van der Waals surface area contributed by atoms with Gasteiger partial charge in [0.1, 0.15) is 12.4 Å². The number of carbonyl (C=O) groups is 2. The lowest BCUT2D eigenvalue weighted by Crippen LogP contribution is -2.43. The van der Waals surface area contributed by atoms with Crippen molar-refractivity contribution < 1.29 is 18.7 Å². The van der Waals surface area contributed by atoms with Crippen LogP contribution in [0.4, 0.5) is 4.39 Å². The number of ether oxygens (including phenoxy) is 1. The number of thiophene rings is 1. The normalized spacial score (nSPS) is 10.8. The summed E-state index contributed by atoms with van der Waals surface area (Å²) in [6.45, 7) is 1.02. The molecular formula is C24H23Cl2FN2O3S. The highest BCUT2D eigenvalue weighted by atomic mass is 35.5. The molecule has 0 atom stereocenters. The first-order valence-corrected chi connectivity index (χ1v) is 11.8. The molecule has 0 aliphatic heterocycles. The molecule has 9 heteroatoms. The first kappa shape index (κ1) is 25.2. The molecule has 0 aliphatic carbocycles. The predicted octanol–water partition coefficient (Wildman–Crippen LogP) is 5.51. The third-order valence-electron chi connectivity index (χ3n) is 4.91. The van der Waals surface area contributed by atoms with Gasteiger partial charge in [0.25, 0.3) is 5.91 Å². The minimum Gasteiger partial charge on any atom is -0.383 e. The maximum absolute atomic E-state index is 13.3. The number of hydrogen-bond acceptors (Lipinski definition) is 4. The van der Waals surface area contributed by atoms with E-state index in [0.29, 0.717) is 17.1 Å². The Labute approximate surface area is 206 Å². The van der Waals surface area contributed by atoms with E-state index in [-0.39, 0.29) is 48.9 Å². The van der Waals surface area contributed by atoms with Gasteiger partial charge in [0.15, 0.2) is 0 Å². The molecule has 2 aromatic carbocycles. The summed E-state index contributed by atoms with van der Waals surface area (Å²) in [5, 5.41) is 2.54. The second-order valence-electron chi connectivity index (χ2n) is 7.30. The van der Waals surface area contributed by atoms with Crippen LogP contribution in [0, 0.1) is 5.82 Å². The van der Waals surface area contributed by atoms with Crippen molar-refractivity contribution in [3.63, 3.8) is 0 Å². The summed E-state index contributed by atoms with van der Waals surface area (Å²) >= 11 is 13.6. The standard InChI is InChI=1S/C24H23Cl2FN2O3S/c1-32-11-10-28(24(31)18-6-9-21(25)22(26)13-18)16-23(30)29(15-20-3-2-12-33-20)14-17-4-7-19(27)8-5-17/h2-9,12-13H,10-11,14-16H2,1H3. The molecule has 0 saturated heterocycles. The fraction of sp³-hybridized carbons (Fsp3) is 0.250. The lowest BCUT2D eigenvalue weighted by atomic mass is 10.2. The Kier molecular flexibility index (Phi) is 9.26. The Bertz CT molecular complexity index is 1080. The zero-order valence-corrected chi connectivity index (χ0v) is 20.3. The average Bonchev–Trinajstić information content (AvgIpc) is 3.32. The predicted molar refractivity (Wildman–Crippen MR) is 129 cm³/mol. The van der Waals surface area contributed by atoms with Crippen LogP contribution in [0.5, 0.6) is 0 Å². The van der Waals surface area contributed by atoms with Crippen LogP contribution in [0.3, 0.4) is 0 Å². The Morgan fingerprint density at radius 2 is 1.76 bits per heavy atom. The molecule has 0 fully saturated rings. The van der Waals surface area contributed by atoms with Gasteiger partial charge in [-0.2, -0.15) is 0 Å². The molecule has 0 N–H and O–H groups in total. The number of carbonyl (C=O) groups excluding carboxylic acids is 2. The number of rotatable bonds is 10. The Balaban J connectivity index is 1.80. The van der Waals surface area contributed by atoms with E-state index in [1.807, 2.05) is 17.5 Å². The van der Waals surface area contributed by atoms with Crippen LogP contribution in [0.2, 0.25) is 10.0 Å². The fourth-order valence-electron chi connectivity index (χ4n) is 3.16. The van der Waals surface area contributed by atoms with Gasteiger partial charge in [0.2, 0.25) is 5.91 Å². The molecule has 1 aromatic heterocycles. The van der Waals surface area contributed by atoms with Gasteiger partial charge in [-0.1, -0.05) is 41.4 Å². The van der Waals surface area contributed by atoms with Gasteiger partial charge in [-0.25, -0.2) is 4.39 Å². The molecule has 0 saturated carbocycles. The van der Waals surface area contributed by atoms with Crippen LogP contribution in [0.1, 0.15) is 20.8 Å². The Morgan fingerprint density at radius 3 is 2.39 bits per heavy atom. The van der Waals surface area contributed by atoms with E-state index in [1.54, 1.807) is 29.2 Å². The minimum absolute atomic E-state index is 0.144. The topological polar surface area (TPSA) is 49.9 Å². The maximum atomic E-state index is 13.3. The first-order chi connectivity index (χ1) is 15.9. The van der Waals surface area contributed by atoms with E-state index in [0.717, 1.165) is 10.4 Å². The van der Waals surface area contributed by atoms with E-state index in [1.165, 1.54) is 41.5 Å². The van der Waals surface area contributed by atoms with E-state index in [2.05, 4.69) is 0 Å². The lowest BCUT2D eigenvalue weighted by molar-refractivity contribution is -0.133. The summed E-state index contributed by atoms with van der Waals surface area (Å²) in [7, 11) is 1.53. The molecule has 5 nitrogen and oxygen atoms in total. The van der Waals surface area contributed by atoms with Gasteiger partial charge in [0.05, 0.1) is 23.2 Å². The van der Waals surface area contributed by atoms with E-state index in [9.17, 15) is 14.0 Å². The van der Waals surface area contributed by atoms with Gasteiger partial charge < -0.3 is 14.5 Å². The first-order valence-electron chi connectivity index (χ1n) is 10.1. The van der Waals surface area contributed by atoms with Gasteiger partial charge in [-0.15, -0.1) is 11.3 Å². The maximum Gasteiger partial charge on any atom is 0.254 e. The highest BCUT2D eigenvalue weighted by Gasteiger charge is 2.23. The smallest absolute Gasteiger partial charge is 0.254 e. The summed E-state index contributed by atoms with van der Waals surface area (Å²) < 4.78 is 18.5. The van der Waals surface area contributed by atoms with Crippen molar-refractivity contribution in [2.24, 2.45) is 0 Å². The summed E-state index contributed by atoms with van der Waals surface area (Å²) in [6.07, 6.45) is 0. The Morgan fingerprint density at radius 1 is 1.00 bits per heavy atom. The SMILES string of the molecule is COCCN(CC(=O)N(Cc1ccc(F)cc1)Cc1cccs1)C(=O)c1ccc(Cl)c(Cl)c1. The molecule has 0 radical (unpaired) electrons. The van der Waals surface area contributed by atoms with Gasteiger partial charge in [-0.05, 0) is 47.3 Å². The molecule has 0 spiro atoms. The summed E-state index contributed by atoms with van der Waals surface area (Å²) in [4.78, 5) is 30.6. The van der Waals surface area contributed by atoms with Gasteiger partial charge in [-0.3, -0.25) is 9.59 Å². The van der Waals surface area contributed by atoms with Gasteiger partial charge >= 0.3 is 0 Å². The molecule has 33 heavy (non-hydrogen) atoms. The lowest BCUT2D eigenvalue weighted by Gasteiger charge is -2.27. The molecule has 2 amide bonds. The zero-order chi connectivity index (χ0) is 23.8. The number of amides is 2.